The van der Waals surface area contributed by atoms with Gasteiger partial charge >= 0.3 is 0 Å². The highest BCUT2D eigenvalue weighted by molar-refractivity contribution is 5.47. The van der Waals surface area contributed by atoms with E-state index in [1.165, 1.54) is 64.2 Å². The zero-order valence-electron chi connectivity index (χ0n) is 19.7. The molecule has 0 aliphatic carbocycles. The lowest BCUT2D eigenvalue weighted by molar-refractivity contribution is 0.284. The second kappa shape index (κ2) is 16.5. The summed E-state index contributed by atoms with van der Waals surface area (Å²) in [6.45, 7) is 5.96. The lowest BCUT2D eigenvalue weighted by Crippen LogP contribution is -2.01. The van der Waals surface area contributed by atoms with Crippen molar-refractivity contribution in [3.05, 3.63) is 48.5 Å². The summed E-state index contributed by atoms with van der Waals surface area (Å²) < 4.78 is 18.2. The van der Waals surface area contributed by atoms with Crippen molar-refractivity contribution >= 4 is 0 Å². The van der Waals surface area contributed by atoms with Gasteiger partial charge < -0.3 is 14.2 Å². The third-order valence-electron chi connectivity index (χ3n) is 5.41. The Labute approximate surface area is 190 Å². The average Bonchev–Trinajstić information content (AvgIpc) is 2.79. The quantitative estimate of drug-likeness (QED) is 0.223. The Hall–Kier alpha value is -2.16. The molecule has 2 aromatic rings. The topological polar surface area (TPSA) is 27.7 Å². The molecule has 0 amide bonds. The van der Waals surface area contributed by atoms with E-state index in [9.17, 15) is 0 Å². The second-order valence-electron chi connectivity index (χ2n) is 8.26. The molecule has 0 heterocycles. The average molecular weight is 427 g/mol. The number of hydrogen-bond acceptors (Lipinski definition) is 3. The van der Waals surface area contributed by atoms with Crippen molar-refractivity contribution < 1.29 is 14.2 Å². The van der Waals surface area contributed by atoms with Crippen LogP contribution in [0.25, 0.3) is 0 Å². The molecule has 2 rings (SSSR count). The van der Waals surface area contributed by atoms with Crippen LogP contribution < -0.4 is 14.2 Å². The highest BCUT2D eigenvalue weighted by atomic mass is 16.5. The smallest absolute Gasteiger partial charge is 0.172 e. The number of benzene rings is 2. The molecular formula is C28H42O3. The zero-order chi connectivity index (χ0) is 22.0. The molecule has 172 valence electrons. The first-order valence-corrected chi connectivity index (χ1v) is 12.5. The van der Waals surface area contributed by atoms with Crippen molar-refractivity contribution in [2.75, 3.05) is 13.2 Å². The molecule has 2 aromatic carbocycles. The van der Waals surface area contributed by atoms with Gasteiger partial charge in [-0.25, -0.2) is 0 Å². The summed E-state index contributed by atoms with van der Waals surface area (Å²) in [4.78, 5) is 0. The maximum Gasteiger partial charge on any atom is 0.172 e. The maximum absolute atomic E-state index is 6.13. The van der Waals surface area contributed by atoms with Crippen LogP contribution in [-0.4, -0.2) is 13.2 Å². The van der Waals surface area contributed by atoms with Crippen LogP contribution in [0, 0.1) is 0 Å². The summed E-state index contributed by atoms with van der Waals surface area (Å²) in [6, 6.07) is 15.8. The second-order valence-corrected chi connectivity index (χ2v) is 8.26. The van der Waals surface area contributed by atoms with Crippen molar-refractivity contribution in [2.45, 2.75) is 90.9 Å². The zero-order valence-corrected chi connectivity index (χ0v) is 19.7. The van der Waals surface area contributed by atoms with Crippen molar-refractivity contribution in [1.29, 1.82) is 0 Å². The summed E-state index contributed by atoms with van der Waals surface area (Å²) >= 11 is 0. The molecule has 0 aliphatic rings. The Morgan fingerprint density at radius 2 is 1.10 bits per heavy atom. The van der Waals surface area contributed by atoms with Crippen LogP contribution in [0.4, 0.5) is 0 Å². The van der Waals surface area contributed by atoms with Gasteiger partial charge in [-0.05, 0) is 37.1 Å². The van der Waals surface area contributed by atoms with E-state index in [1.54, 1.807) is 0 Å². The van der Waals surface area contributed by atoms with E-state index in [4.69, 9.17) is 14.2 Å². The Balaban J connectivity index is 1.86. The minimum Gasteiger partial charge on any atom is -0.493 e. The SMILES string of the molecule is CCCCCCCCOc1ccc(OCCCCCCCC)c(Oc2ccccc2)c1. The maximum atomic E-state index is 6.13. The molecule has 0 saturated carbocycles. The van der Waals surface area contributed by atoms with Gasteiger partial charge in [-0.1, -0.05) is 96.3 Å². The Kier molecular flexibility index (Phi) is 13.4. The molecular weight excluding hydrogens is 384 g/mol. The first kappa shape index (κ1) is 25.1. The lowest BCUT2D eigenvalue weighted by Gasteiger charge is -2.15. The standard InChI is InChI=1S/C28H42O3/c1-3-5-7-9-11-16-22-29-26-20-21-27(30-23-17-12-10-8-6-4-2)28(24-26)31-25-18-14-13-15-19-25/h13-15,18-21,24H,3-12,16-17,22-23H2,1-2H3. The van der Waals surface area contributed by atoms with Crippen molar-refractivity contribution in [3.63, 3.8) is 0 Å². The number of unbranched alkanes of at least 4 members (excludes halogenated alkanes) is 10. The normalized spacial score (nSPS) is 10.8. The number of rotatable bonds is 18. The first-order chi connectivity index (χ1) is 15.3. The van der Waals surface area contributed by atoms with Crippen LogP contribution in [0.3, 0.4) is 0 Å². The monoisotopic (exact) mass is 426 g/mol. The summed E-state index contributed by atoms with van der Waals surface area (Å²) in [5.74, 6) is 3.15. The third-order valence-corrected chi connectivity index (χ3v) is 5.41. The van der Waals surface area contributed by atoms with E-state index in [1.807, 2.05) is 48.5 Å². The van der Waals surface area contributed by atoms with Crippen molar-refractivity contribution in [3.8, 4) is 23.0 Å². The van der Waals surface area contributed by atoms with Crippen LogP contribution in [0.15, 0.2) is 48.5 Å². The van der Waals surface area contributed by atoms with Crippen LogP contribution in [0.2, 0.25) is 0 Å². The van der Waals surface area contributed by atoms with Crippen LogP contribution in [-0.2, 0) is 0 Å². The molecule has 0 N–H and O–H groups in total. The highest BCUT2D eigenvalue weighted by Gasteiger charge is 2.09. The molecule has 0 aliphatic heterocycles. The van der Waals surface area contributed by atoms with E-state index in [0.717, 1.165) is 49.1 Å². The summed E-state index contributed by atoms with van der Waals surface area (Å²) in [7, 11) is 0. The summed E-state index contributed by atoms with van der Waals surface area (Å²) in [6.07, 6.45) is 15.1. The van der Waals surface area contributed by atoms with Gasteiger partial charge in [0.15, 0.2) is 11.5 Å². The number of ether oxygens (including phenoxy) is 3. The Morgan fingerprint density at radius 3 is 1.74 bits per heavy atom. The number of para-hydroxylation sites is 1. The molecule has 31 heavy (non-hydrogen) atoms. The van der Waals surface area contributed by atoms with E-state index in [2.05, 4.69) is 13.8 Å². The highest BCUT2D eigenvalue weighted by Crippen LogP contribution is 2.35. The van der Waals surface area contributed by atoms with Crippen molar-refractivity contribution in [1.82, 2.24) is 0 Å². The molecule has 0 fully saturated rings. The molecule has 0 bridgehead atoms. The van der Waals surface area contributed by atoms with E-state index in [0.29, 0.717) is 0 Å². The fraction of sp³-hybridized carbons (Fsp3) is 0.571. The molecule has 0 radical (unpaired) electrons. The first-order valence-electron chi connectivity index (χ1n) is 12.5. The minimum absolute atomic E-state index is 0.717. The predicted molar refractivity (Wildman–Crippen MR) is 131 cm³/mol. The van der Waals surface area contributed by atoms with Gasteiger partial charge in [-0.15, -0.1) is 0 Å². The molecule has 3 heteroatoms. The van der Waals surface area contributed by atoms with E-state index < -0.39 is 0 Å². The van der Waals surface area contributed by atoms with Crippen LogP contribution >= 0.6 is 0 Å². The van der Waals surface area contributed by atoms with Crippen molar-refractivity contribution in [2.24, 2.45) is 0 Å². The lowest BCUT2D eigenvalue weighted by atomic mass is 10.1. The van der Waals surface area contributed by atoms with E-state index >= 15 is 0 Å². The minimum atomic E-state index is 0.717. The fourth-order valence-electron chi connectivity index (χ4n) is 3.53. The molecule has 0 atom stereocenters. The molecule has 0 spiro atoms. The van der Waals surface area contributed by atoms with Gasteiger partial charge in [0.2, 0.25) is 0 Å². The summed E-state index contributed by atoms with van der Waals surface area (Å²) in [5, 5.41) is 0. The number of hydrogen-bond donors (Lipinski definition) is 0. The Bertz CT molecular complexity index is 684. The van der Waals surface area contributed by atoms with Gasteiger partial charge in [-0.2, -0.15) is 0 Å². The van der Waals surface area contributed by atoms with Gasteiger partial charge in [0.05, 0.1) is 13.2 Å². The molecule has 3 nitrogen and oxygen atoms in total. The third kappa shape index (κ3) is 11.1. The van der Waals surface area contributed by atoms with Gasteiger partial charge in [-0.3, -0.25) is 0 Å². The predicted octanol–water partition coefficient (Wildman–Crippen LogP) is 8.96. The summed E-state index contributed by atoms with van der Waals surface area (Å²) in [5.41, 5.74) is 0. The van der Waals surface area contributed by atoms with Gasteiger partial charge in [0.25, 0.3) is 0 Å². The van der Waals surface area contributed by atoms with Gasteiger partial charge in [0, 0.05) is 6.07 Å². The fourth-order valence-corrected chi connectivity index (χ4v) is 3.53. The van der Waals surface area contributed by atoms with Crippen LogP contribution in [0.5, 0.6) is 23.0 Å². The Morgan fingerprint density at radius 1 is 0.516 bits per heavy atom. The molecule has 0 unspecified atom stereocenters. The van der Waals surface area contributed by atoms with Crippen LogP contribution in [0.1, 0.15) is 90.9 Å². The molecule has 0 saturated heterocycles. The largest absolute Gasteiger partial charge is 0.493 e. The van der Waals surface area contributed by atoms with E-state index in [-0.39, 0.29) is 0 Å². The molecule has 0 aromatic heterocycles. The van der Waals surface area contributed by atoms with Gasteiger partial charge in [0.1, 0.15) is 11.5 Å².